The Kier molecular flexibility index (Phi) is 7.22. The van der Waals surface area contributed by atoms with Gasteiger partial charge in [0.1, 0.15) is 0 Å². The van der Waals surface area contributed by atoms with E-state index in [0.717, 1.165) is 11.4 Å². The van der Waals surface area contributed by atoms with Crippen molar-refractivity contribution in [1.82, 2.24) is 0 Å². The molecule has 0 spiro atoms. The lowest BCUT2D eigenvalue weighted by Gasteiger charge is -2.31. The van der Waals surface area contributed by atoms with Gasteiger partial charge in [-0.3, -0.25) is 0 Å². The summed E-state index contributed by atoms with van der Waals surface area (Å²) in [5.74, 6) is 0. The Balaban J connectivity index is 1.31. The van der Waals surface area contributed by atoms with E-state index in [1.54, 1.807) is 0 Å². The maximum absolute atomic E-state index is 2.46. The number of benzene rings is 9. The van der Waals surface area contributed by atoms with E-state index in [-0.39, 0.29) is 0 Å². The van der Waals surface area contributed by atoms with Crippen LogP contribution in [0.2, 0.25) is 0 Å². The summed E-state index contributed by atoms with van der Waals surface area (Å²) < 4.78 is 0. The molecule has 0 radical (unpaired) electrons. The zero-order valence-corrected chi connectivity index (χ0v) is 27.0. The van der Waals surface area contributed by atoms with Crippen molar-refractivity contribution in [3.63, 3.8) is 0 Å². The van der Waals surface area contributed by atoms with Crippen LogP contribution in [0, 0.1) is 0 Å². The first-order valence-electron chi connectivity index (χ1n) is 16.9. The molecule has 0 aliphatic rings. The molecule has 0 fully saturated rings. The van der Waals surface area contributed by atoms with E-state index in [4.69, 9.17) is 0 Å². The van der Waals surface area contributed by atoms with Crippen molar-refractivity contribution >= 4 is 49.4 Å². The average molecular weight is 624 g/mol. The minimum absolute atomic E-state index is 1.11. The third-order valence-corrected chi connectivity index (χ3v) is 9.65. The van der Waals surface area contributed by atoms with Gasteiger partial charge in [-0.05, 0) is 79.0 Å². The topological polar surface area (TPSA) is 3.24 Å². The van der Waals surface area contributed by atoms with Crippen LogP contribution in [0.4, 0.5) is 17.1 Å². The van der Waals surface area contributed by atoms with Gasteiger partial charge in [-0.1, -0.05) is 176 Å². The van der Waals surface area contributed by atoms with Crippen molar-refractivity contribution in [2.45, 2.75) is 0 Å². The molecule has 0 amide bonds. The Hall–Kier alpha value is -6.44. The smallest absolute Gasteiger partial charge is 0.0624 e. The van der Waals surface area contributed by atoms with Gasteiger partial charge in [-0.15, -0.1) is 0 Å². The van der Waals surface area contributed by atoms with Crippen LogP contribution in [0.25, 0.3) is 65.7 Å². The van der Waals surface area contributed by atoms with Crippen LogP contribution >= 0.6 is 0 Å². The van der Waals surface area contributed by atoms with E-state index < -0.39 is 0 Å². The SMILES string of the molecule is c1ccc(-c2ccc(N(c3ccc(-c4cccc5ccccc45)cc3)c3c(-c4ccccc4)c4ccccc4c4ccccc34)cc2)cc1. The molecule has 230 valence electrons. The predicted molar refractivity (Wildman–Crippen MR) is 210 cm³/mol. The van der Waals surface area contributed by atoms with E-state index in [2.05, 4.69) is 205 Å². The number of nitrogens with zero attached hydrogens (tertiary/aromatic N) is 1. The molecule has 0 N–H and O–H groups in total. The Morgan fingerprint density at radius 1 is 0.265 bits per heavy atom. The first kappa shape index (κ1) is 28.8. The zero-order chi connectivity index (χ0) is 32.6. The quantitative estimate of drug-likeness (QED) is 0.167. The Morgan fingerprint density at radius 2 is 0.714 bits per heavy atom. The molecule has 0 bridgehead atoms. The number of hydrogen-bond acceptors (Lipinski definition) is 1. The molecule has 0 aromatic heterocycles. The third kappa shape index (κ3) is 5.13. The summed E-state index contributed by atoms with van der Waals surface area (Å²) in [7, 11) is 0. The van der Waals surface area contributed by atoms with Crippen LogP contribution in [0.5, 0.6) is 0 Å². The standard InChI is InChI=1S/C48H33N/c1-3-14-34(15-4-1)35-26-30-39(31-27-35)49(40-32-28-37(29-33-40)42-25-13-19-36-16-7-8-20-41(36)42)48-46-24-12-10-22-44(46)43-21-9-11-23-45(43)47(48)38-17-5-2-6-18-38/h1-33H. The van der Waals surface area contributed by atoms with Crippen molar-refractivity contribution in [3.8, 4) is 33.4 Å². The summed E-state index contributed by atoms with van der Waals surface area (Å²) in [5.41, 5.74) is 10.6. The summed E-state index contributed by atoms with van der Waals surface area (Å²) in [4.78, 5) is 2.46. The zero-order valence-electron chi connectivity index (χ0n) is 27.0. The van der Waals surface area contributed by atoms with Crippen LogP contribution in [0.3, 0.4) is 0 Å². The highest BCUT2D eigenvalue weighted by Crippen LogP contribution is 2.49. The highest BCUT2D eigenvalue weighted by atomic mass is 15.1. The highest BCUT2D eigenvalue weighted by molar-refractivity contribution is 6.22. The van der Waals surface area contributed by atoms with Gasteiger partial charge in [0.25, 0.3) is 0 Å². The van der Waals surface area contributed by atoms with Crippen molar-refractivity contribution in [2.24, 2.45) is 0 Å². The fraction of sp³-hybridized carbons (Fsp3) is 0. The fourth-order valence-corrected chi connectivity index (χ4v) is 7.36. The van der Waals surface area contributed by atoms with Crippen LogP contribution in [-0.2, 0) is 0 Å². The van der Waals surface area contributed by atoms with Crippen molar-refractivity contribution in [3.05, 3.63) is 200 Å². The molecule has 9 rings (SSSR count). The van der Waals surface area contributed by atoms with E-state index in [1.165, 1.54) is 71.4 Å². The summed E-state index contributed by atoms with van der Waals surface area (Å²) in [6.45, 7) is 0. The second-order valence-electron chi connectivity index (χ2n) is 12.5. The number of anilines is 3. The molecule has 0 aliphatic heterocycles. The summed E-state index contributed by atoms with van der Waals surface area (Å²) in [6.07, 6.45) is 0. The van der Waals surface area contributed by atoms with Gasteiger partial charge >= 0.3 is 0 Å². The molecule has 9 aromatic carbocycles. The van der Waals surface area contributed by atoms with Crippen LogP contribution < -0.4 is 4.90 Å². The summed E-state index contributed by atoms with van der Waals surface area (Å²) in [5, 5.41) is 7.46. The van der Waals surface area contributed by atoms with Crippen molar-refractivity contribution in [1.29, 1.82) is 0 Å². The van der Waals surface area contributed by atoms with E-state index >= 15 is 0 Å². The maximum Gasteiger partial charge on any atom is 0.0624 e. The average Bonchev–Trinajstić information content (AvgIpc) is 3.19. The summed E-state index contributed by atoms with van der Waals surface area (Å²) >= 11 is 0. The second-order valence-corrected chi connectivity index (χ2v) is 12.5. The molecule has 0 aliphatic carbocycles. The number of hydrogen-bond donors (Lipinski definition) is 0. The van der Waals surface area contributed by atoms with Crippen molar-refractivity contribution < 1.29 is 0 Å². The lowest BCUT2D eigenvalue weighted by Crippen LogP contribution is -2.12. The molecule has 0 atom stereocenters. The van der Waals surface area contributed by atoms with Gasteiger partial charge in [-0.2, -0.15) is 0 Å². The normalized spacial score (nSPS) is 11.3. The van der Waals surface area contributed by atoms with E-state index in [1.807, 2.05) is 0 Å². The first-order valence-corrected chi connectivity index (χ1v) is 16.9. The lowest BCUT2D eigenvalue weighted by atomic mass is 9.90. The van der Waals surface area contributed by atoms with Crippen LogP contribution in [0.1, 0.15) is 0 Å². The fourth-order valence-electron chi connectivity index (χ4n) is 7.36. The van der Waals surface area contributed by atoms with Gasteiger partial charge in [0.05, 0.1) is 5.69 Å². The number of rotatable bonds is 6. The molecule has 0 saturated heterocycles. The van der Waals surface area contributed by atoms with Gasteiger partial charge < -0.3 is 4.90 Å². The predicted octanol–water partition coefficient (Wildman–Crippen LogP) is 13.6. The number of fused-ring (bicyclic) bond motifs is 4. The molecule has 49 heavy (non-hydrogen) atoms. The Morgan fingerprint density at radius 3 is 1.37 bits per heavy atom. The minimum atomic E-state index is 1.11. The molecule has 9 aromatic rings. The third-order valence-electron chi connectivity index (χ3n) is 9.65. The van der Waals surface area contributed by atoms with Gasteiger partial charge in [-0.25, -0.2) is 0 Å². The largest absolute Gasteiger partial charge is 0.309 e. The Bertz CT molecular complexity index is 2560. The van der Waals surface area contributed by atoms with E-state index in [0.29, 0.717) is 0 Å². The highest BCUT2D eigenvalue weighted by Gasteiger charge is 2.23. The van der Waals surface area contributed by atoms with Crippen molar-refractivity contribution in [2.75, 3.05) is 4.90 Å². The van der Waals surface area contributed by atoms with Crippen LogP contribution in [0.15, 0.2) is 200 Å². The Labute approximate surface area is 287 Å². The molecule has 0 unspecified atom stereocenters. The van der Waals surface area contributed by atoms with Gasteiger partial charge in [0.2, 0.25) is 0 Å². The molecular weight excluding hydrogens is 591 g/mol. The van der Waals surface area contributed by atoms with Gasteiger partial charge in [0, 0.05) is 22.3 Å². The molecule has 1 heteroatoms. The first-order chi connectivity index (χ1) is 24.3. The summed E-state index contributed by atoms with van der Waals surface area (Å²) in [6, 6.07) is 72.4. The monoisotopic (exact) mass is 623 g/mol. The molecule has 0 saturated carbocycles. The van der Waals surface area contributed by atoms with Crippen LogP contribution in [-0.4, -0.2) is 0 Å². The molecular formula is C48H33N. The van der Waals surface area contributed by atoms with E-state index in [9.17, 15) is 0 Å². The lowest BCUT2D eigenvalue weighted by molar-refractivity contribution is 1.30. The molecule has 1 nitrogen and oxygen atoms in total. The second kappa shape index (κ2) is 12.3. The maximum atomic E-state index is 2.46. The minimum Gasteiger partial charge on any atom is -0.309 e. The van der Waals surface area contributed by atoms with Gasteiger partial charge in [0.15, 0.2) is 0 Å². The molecule has 0 heterocycles.